The Bertz CT molecular complexity index is 1240. The van der Waals surface area contributed by atoms with Crippen molar-refractivity contribution in [2.75, 3.05) is 18.0 Å². The van der Waals surface area contributed by atoms with E-state index in [0.717, 1.165) is 52.5 Å². The van der Waals surface area contributed by atoms with Crippen LogP contribution in [-0.2, 0) is 6.54 Å². The van der Waals surface area contributed by atoms with Gasteiger partial charge in [0, 0.05) is 37.1 Å². The fourth-order valence-electron chi connectivity index (χ4n) is 4.48. The van der Waals surface area contributed by atoms with E-state index in [9.17, 15) is 9.50 Å². The minimum atomic E-state index is -0.264. The number of halogens is 1. The molecule has 0 aliphatic carbocycles. The van der Waals surface area contributed by atoms with E-state index in [-0.39, 0.29) is 11.9 Å². The van der Waals surface area contributed by atoms with E-state index in [1.54, 1.807) is 18.5 Å². The molecule has 0 saturated carbocycles. The molecule has 1 fully saturated rings. The highest BCUT2D eigenvalue weighted by atomic mass is 19.1. The molecule has 2 aromatic carbocycles. The Morgan fingerprint density at radius 2 is 1.90 bits per heavy atom. The molecule has 1 unspecified atom stereocenters. The monoisotopic (exact) mass is 401 g/mol. The summed E-state index contributed by atoms with van der Waals surface area (Å²) in [6.45, 7) is 2.20. The van der Waals surface area contributed by atoms with Crippen molar-refractivity contribution < 1.29 is 9.50 Å². The van der Waals surface area contributed by atoms with Crippen molar-refractivity contribution >= 4 is 5.69 Å². The van der Waals surface area contributed by atoms with E-state index in [1.165, 1.54) is 12.1 Å². The first-order chi connectivity index (χ1) is 14.7. The number of hydrogen-bond donors (Lipinski definition) is 1. The Morgan fingerprint density at radius 3 is 2.70 bits per heavy atom. The van der Waals surface area contributed by atoms with E-state index in [4.69, 9.17) is 0 Å². The number of aliphatic hydroxyl groups is 1. The second-order valence-corrected chi connectivity index (χ2v) is 7.95. The quantitative estimate of drug-likeness (QED) is 0.492. The van der Waals surface area contributed by atoms with Crippen LogP contribution in [0.2, 0.25) is 0 Å². The van der Waals surface area contributed by atoms with Crippen molar-refractivity contribution in [1.29, 1.82) is 0 Å². The maximum Gasteiger partial charge on any atom is 0.179 e. The molecule has 150 valence electrons. The number of fused-ring (bicyclic) bond motifs is 5. The van der Waals surface area contributed by atoms with Gasteiger partial charge in [-0.05, 0) is 53.9 Å². The summed E-state index contributed by atoms with van der Waals surface area (Å²) < 4.78 is 17.4. The van der Waals surface area contributed by atoms with Crippen molar-refractivity contribution in [3.63, 3.8) is 0 Å². The van der Waals surface area contributed by atoms with Gasteiger partial charge in [-0.2, -0.15) is 5.10 Å². The molecule has 0 radical (unpaired) electrons. The predicted molar refractivity (Wildman–Crippen MR) is 112 cm³/mol. The standard InChI is InChI=1S/C23H20FN5O/c24-18-3-1-15(2-4-18)16-10-22-23-25-14-26-29(23)21-6-5-19(27-8-7-20(30)13-27)9-17(21)12-28(22)11-16/h1-6,9-11,14,20,30H,7-8,12-13H2. The van der Waals surface area contributed by atoms with Crippen LogP contribution in [0.15, 0.2) is 61.1 Å². The second-order valence-electron chi connectivity index (χ2n) is 7.95. The Hall–Kier alpha value is -3.45. The lowest BCUT2D eigenvalue weighted by Crippen LogP contribution is -2.21. The van der Waals surface area contributed by atoms with Crippen LogP contribution in [0, 0.1) is 5.82 Å². The third-order valence-corrected chi connectivity index (χ3v) is 6.01. The average molecular weight is 401 g/mol. The molecule has 2 aliphatic rings. The topological polar surface area (TPSA) is 59.1 Å². The van der Waals surface area contributed by atoms with Crippen LogP contribution in [0.25, 0.3) is 28.3 Å². The largest absolute Gasteiger partial charge is 0.391 e. The van der Waals surface area contributed by atoms with Crippen LogP contribution in [-0.4, -0.2) is 43.6 Å². The van der Waals surface area contributed by atoms with Gasteiger partial charge in [0.2, 0.25) is 0 Å². The Kier molecular flexibility index (Phi) is 3.79. The summed E-state index contributed by atoms with van der Waals surface area (Å²) in [5.74, 6) is 0.541. The van der Waals surface area contributed by atoms with Gasteiger partial charge < -0.3 is 14.6 Å². The zero-order valence-corrected chi connectivity index (χ0v) is 16.2. The molecule has 4 aromatic rings. The molecule has 0 spiro atoms. The second kappa shape index (κ2) is 6.53. The molecule has 4 heterocycles. The van der Waals surface area contributed by atoms with Crippen molar-refractivity contribution in [1.82, 2.24) is 19.3 Å². The van der Waals surface area contributed by atoms with Gasteiger partial charge in [-0.15, -0.1) is 0 Å². The lowest BCUT2D eigenvalue weighted by Gasteiger charge is -2.20. The van der Waals surface area contributed by atoms with Crippen LogP contribution in [0.5, 0.6) is 0 Å². The van der Waals surface area contributed by atoms with E-state index in [2.05, 4.69) is 50.0 Å². The normalized spacial score (nSPS) is 17.4. The third-order valence-electron chi connectivity index (χ3n) is 6.01. The maximum absolute atomic E-state index is 13.3. The van der Waals surface area contributed by atoms with Crippen molar-refractivity contribution in [3.8, 4) is 28.3 Å². The molecule has 1 N–H and O–H groups in total. The highest BCUT2D eigenvalue weighted by molar-refractivity contribution is 5.71. The number of benzene rings is 2. The van der Waals surface area contributed by atoms with Crippen molar-refractivity contribution in [2.45, 2.75) is 19.1 Å². The van der Waals surface area contributed by atoms with Crippen molar-refractivity contribution in [3.05, 3.63) is 72.4 Å². The third kappa shape index (κ3) is 2.74. The summed E-state index contributed by atoms with van der Waals surface area (Å²) in [6.07, 6.45) is 4.19. The zero-order valence-electron chi connectivity index (χ0n) is 16.2. The van der Waals surface area contributed by atoms with E-state index in [1.807, 2.05) is 4.68 Å². The molecule has 6 rings (SSSR count). The van der Waals surface area contributed by atoms with Gasteiger partial charge in [0.05, 0.1) is 17.5 Å². The Labute approximate surface area is 172 Å². The first kappa shape index (κ1) is 17.4. The van der Waals surface area contributed by atoms with Gasteiger partial charge in [-0.1, -0.05) is 12.1 Å². The highest BCUT2D eigenvalue weighted by Crippen LogP contribution is 2.35. The summed E-state index contributed by atoms with van der Waals surface area (Å²) in [4.78, 5) is 6.74. The molecule has 1 atom stereocenters. The molecule has 30 heavy (non-hydrogen) atoms. The zero-order chi connectivity index (χ0) is 20.2. The summed E-state index contributed by atoms with van der Waals surface area (Å²) in [5, 5.41) is 14.4. The molecule has 7 heteroatoms. The highest BCUT2D eigenvalue weighted by Gasteiger charge is 2.25. The first-order valence-electron chi connectivity index (χ1n) is 10.1. The van der Waals surface area contributed by atoms with Gasteiger partial charge in [0.25, 0.3) is 0 Å². The molecule has 1 saturated heterocycles. The number of β-amino-alcohol motifs (C(OH)–C–C–N with tert-alkyl or cyclic N) is 1. The number of rotatable bonds is 2. The minimum absolute atomic E-state index is 0.243. The lowest BCUT2D eigenvalue weighted by atomic mass is 10.1. The van der Waals surface area contributed by atoms with Crippen LogP contribution < -0.4 is 4.90 Å². The van der Waals surface area contributed by atoms with E-state index < -0.39 is 0 Å². The molecule has 2 aliphatic heterocycles. The Balaban J connectivity index is 1.46. The lowest BCUT2D eigenvalue weighted by molar-refractivity contribution is 0.198. The van der Waals surface area contributed by atoms with Crippen molar-refractivity contribution in [2.24, 2.45) is 0 Å². The molecule has 0 amide bonds. The number of hydrogen-bond acceptors (Lipinski definition) is 4. The first-order valence-corrected chi connectivity index (χ1v) is 10.1. The maximum atomic E-state index is 13.3. The smallest absolute Gasteiger partial charge is 0.179 e. The fraction of sp³-hybridized carbons (Fsp3) is 0.217. The predicted octanol–water partition coefficient (Wildman–Crippen LogP) is 3.47. The average Bonchev–Trinajstić information content (AvgIpc) is 3.47. The van der Waals surface area contributed by atoms with Gasteiger partial charge >= 0.3 is 0 Å². The van der Waals surface area contributed by atoms with Gasteiger partial charge in [0.1, 0.15) is 12.1 Å². The molecule has 6 nitrogen and oxygen atoms in total. The van der Waals surface area contributed by atoms with Gasteiger partial charge in [-0.3, -0.25) is 0 Å². The summed E-state index contributed by atoms with van der Waals surface area (Å²) in [6, 6.07) is 15.0. The number of aliphatic hydroxyl groups excluding tert-OH is 1. The molecule has 0 bridgehead atoms. The van der Waals surface area contributed by atoms with Gasteiger partial charge in [-0.25, -0.2) is 14.1 Å². The van der Waals surface area contributed by atoms with E-state index in [0.29, 0.717) is 13.1 Å². The van der Waals surface area contributed by atoms with Crippen LogP contribution >= 0.6 is 0 Å². The summed E-state index contributed by atoms with van der Waals surface area (Å²) in [7, 11) is 0. The van der Waals surface area contributed by atoms with Crippen LogP contribution in [0.4, 0.5) is 10.1 Å². The summed E-state index contributed by atoms with van der Waals surface area (Å²) >= 11 is 0. The number of anilines is 1. The minimum Gasteiger partial charge on any atom is -0.391 e. The summed E-state index contributed by atoms with van der Waals surface area (Å²) in [5.41, 5.74) is 6.21. The Morgan fingerprint density at radius 1 is 1.03 bits per heavy atom. The van der Waals surface area contributed by atoms with Crippen LogP contribution in [0.1, 0.15) is 12.0 Å². The van der Waals surface area contributed by atoms with Crippen LogP contribution in [0.3, 0.4) is 0 Å². The van der Waals surface area contributed by atoms with E-state index >= 15 is 0 Å². The SMILES string of the molecule is OC1CCN(c2ccc3c(c2)Cn2cc(-c4ccc(F)cc4)cc2-c2ncnn2-3)C1. The number of aromatic nitrogens is 4. The number of nitrogens with zero attached hydrogens (tertiary/aromatic N) is 5. The molecule has 2 aromatic heterocycles. The fourth-order valence-corrected chi connectivity index (χ4v) is 4.48. The molecular weight excluding hydrogens is 381 g/mol. The van der Waals surface area contributed by atoms with Gasteiger partial charge in [0.15, 0.2) is 5.82 Å². The molecular formula is C23H20FN5O.